The third-order valence-corrected chi connectivity index (χ3v) is 12.1. The predicted molar refractivity (Wildman–Crippen MR) is 206 cm³/mol. The van der Waals surface area contributed by atoms with Gasteiger partial charge < -0.3 is 130 Å². The van der Waals surface area contributed by atoms with E-state index in [1.54, 1.807) is 0 Å². The summed E-state index contributed by atoms with van der Waals surface area (Å²) in [5.41, 5.74) is 0.198. The van der Waals surface area contributed by atoms with Crippen molar-refractivity contribution in [2.45, 2.75) is 160 Å². The maximum absolute atomic E-state index is 11.4. The Morgan fingerprint density at radius 1 is 0.485 bits per heavy atom. The summed E-state index contributed by atoms with van der Waals surface area (Å²) in [5.74, 6) is 0. The molecule has 5 aliphatic heterocycles. The van der Waals surface area contributed by atoms with Gasteiger partial charge in [-0.05, 0) is 13.0 Å². The van der Waals surface area contributed by atoms with Crippen molar-refractivity contribution in [3.05, 3.63) is 33.9 Å². The number of nitrogens with one attached hydrogen (secondary N) is 1. The number of nitro groups is 1. The number of aliphatic hydroxyl groups excluding tert-OH is 16. The lowest BCUT2D eigenvalue weighted by Gasteiger charge is -2.49. The largest absolute Gasteiger partial charge is 0.394 e. The van der Waals surface area contributed by atoms with Crippen LogP contribution in [0.5, 0.6) is 0 Å². The molecule has 0 unspecified atom stereocenters. The van der Waals surface area contributed by atoms with Crippen molar-refractivity contribution in [3.63, 3.8) is 0 Å². The van der Waals surface area contributed by atoms with Crippen LogP contribution in [0.4, 0.5) is 11.4 Å². The number of nitrogens with zero attached hydrogens (tertiary/aromatic N) is 1. The van der Waals surface area contributed by atoms with Crippen LogP contribution < -0.4 is 5.32 Å². The molecule has 6 rings (SSSR count). The molecule has 17 N–H and O–H groups in total. The van der Waals surface area contributed by atoms with E-state index in [-0.39, 0.29) is 11.4 Å². The molecular formula is C37H58N2O27. The van der Waals surface area contributed by atoms with Crippen LogP contribution in [0, 0.1) is 17.0 Å². The van der Waals surface area contributed by atoms with Gasteiger partial charge in [0.25, 0.3) is 5.69 Å². The molecule has 0 aliphatic carbocycles. The van der Waals surface area contributed by atoms with E-state index in [9.17, 15) is 91.8 Å². The van der Waals surface area contributed by atoms with E-state index in [2.05, 4.69) is 5.32 Å². The van der Waals surface area contributed by atoms with Crippen molar-refractivity contribution in [2.24, 2.45) is 0 Å². The van der Waals surface area contributed by atoms with Crippen molar-refractivity contribution in [1.82, 2.24) is 0 Å². The van der Waals surface area contributed by atoms with Crippen LogP contribution in [-0.4, -0.2) is 273 Å². The summed E-state index contributed by atoms with van der Waals surface area (Å²) >= 11 is 0. The molecule has 25 atom stereocenters. The van der Waals surface area contributed by atoms with Crippen molar-refractivity contribution < 1.29 is 129 Å². The standard InChI is InChI=1S/C37H58N2O27/c1-10-2-3-11(4-12(10)39(56)57)38-33-24(51)20(47)29(14(6-41)58-33)63-35-26(53)22(49)31(16(8-43)60-35)65-37-28(55)23(50)32(17(9-44)62-37)66-36-27(54)21(48)30(15(7-42)61-36)64-34-25(52)19(46)18(45)13(5-40)59-34/h2-4,13-38,40-55H,5-9H2,1H3/t13-,14-,15-,16+,17-,18+,19-,20-,21-,22+,23-,24+,25+,26+,27+,28+,29-,30-,31+,32-,33-,34+,35-,36+,37+/m1/s1. The second-order valence-corrected chi connectivity index (χ2v) is 16.4. The van der Waals surface area contributed by atoms with Gasteiger partial charge >= 0.3 is 0 Å². The maximum Gasteiger partial charge on any atom is 0.274 e. The maximum atomic E-state index is 11.4. The molecule has 5 heterocycles. The number of hydrogen-bond donors (Lipinski definition) is 17. The van der Waals surface area contributed by atoms with Gasteiger partial charge in [0.05, 0.1) is 38.0 Å². The number of rotatable bonds is 16. The van der Waals surface area contributed by atoms with Gasteiger partial charge in [-0.2, -0.15) is 0 Å². The van der Waals surface area contributed by atoms with Gasteiger partial charge in [-0.1, -0.05) is 6.07 Å². The Morgan fingerprint density at radius 2 is 0.818 bits per heavy atom. The molecule has 29 nitrogen and oxygen atoms in total. The molecule has 0 saturated carbocycles. The number of aliphatic hydroxyl groups is 16. The lowest BCUT2D eigenvalue weighted by molar-refractivity contribution is -0.391. The molecule has 0 bridgehead atoms. The summed E-state index contributed by atoms with van der Waals surface area (Å²) in [7, 11) is 0. The quantitative estimate of drug-likeness (QED) is 0.0540. The molecule has 0 aromatic heterocycles. The predicted octanol–water partition coefficient (Wildman–Crippen LogP) is -9.59. The van der Waals surface area contributed by atoms with Crippen molar-refractivity contribution >= 4 is 11.4 Å². The molecule has 29 heteroatoms. The third kappa shape index (κ3) is 10.8. The van der Waals surface area contributed by atoms with E-state index in [1.165, 1.54) is 19.1 Å². The first-order valence-corrected chi connectivity index (χ1v) is 20.7. The van der Waals surface area contributed by atoms with E-state index in [0.29, 0.717) is 5.56 Å². The van der Waals surface area contributed by atoms with Gasteiger partial charge in [-0.15, -0.1) is 0 Å². The number of anilines is 1. The fourth-order valence-electron chi connectivity index (χ4n) is 8.23. The molecular weight excluding hydrogens is 904 g/mol. The number of hydrogen-bond acceptors (Lipinski definition) is 28. The smallest absolute Gasteiger partial charge is 0.274 e. The Labute approximate surface area is 373 Å². The van der Waals surface area contributed by atoms with Gasteiger partial charge in [-0.3, -0.25) is 10.1 Å². The van der Waals surface area contributed by atoms with Crippen LogP contribution in [0.2, 0.25) is 0 Å². The summed E-state index contributed by atoms with van der Waals surface area (Å²) in [4.78, 5) is 10.8. The zero-order chi connectivity index (χ0) is 48.5. The van der Waals surface area contributed by atoms with Gasteiger partial charge in [0, 0.05) is 17.3 Å². The van der Waals surface area contributed by atoms with Crippen LogP contribution in [0.25, 0.3) is 0 Å². The van der Waals surface area contributed by atoms with Crippen LogP contribution in [-0.2, 0) is 42.6 Å². The topological polar surface area (TPSA) is 462 Å². The second kappa shape index (κ2) is 22.4. The monoisotopic (exact) mass is 962 g/mol. The number of benzene rings is 1. The molecule has 5 saturated heterocycles. The molecule has 1 aromatic carbocycles. The summed E-state index contributed by atoms with van der Waals surface area (Å²) in [6.07, 6.45) is -45.9. The minimum Gasteiger partial charge on any atom is -0.394 e. The van der Waals surface area contributed by atoms with Crippen molar-refractivity contribution in [3.8, 4) is 0 Å². The number of nitro benzene ring substituents is 1. The molecule has 1 aromatic rings. The zero-order valence-electron chi connectivity index (χ0n) is 34.8. The lowest BCUT2D eigenvalue weighted by atomic mass is 9.95. The average molecular weight is 963 g/mol. The van der Waals surface area contributed by atoms with Gasteiger partial charge in [0.1, 0.15) is 122 Å². The Balaban J connectivity index is 1.07. The van der Waals surface area contributed by atoms with Crippen LogP contribution in [0.1, 0.15) is 5.56 Å². The van der Waals surface area contributed by atoms with E-state index >= 15 is 0 Å². The van der Waals surface area contributed by atoms with E-state index in [1.807, 2.05) is 0 Å². The Bertz CT molecular complexity index is 1710. The van der Waals surface area contributed by atoms with Crippen LogP contribution >= 0.6 is 0 Å². The molecule has 5 aliphatic rings. The fourth-order valence-corrected chi connectivity index (χ4v) is 8.23. The first kappa shape index (κ1) is 52.8. The average Bonchev–Trinajstić information content (AvgIpc) is 3.30. The first-order chi connectivity index (χ1) is 31.3. The van der Waals surface area contributed by atoms with Crippen LogP contribution in [0.3, 0.4) is 0 Å². The molecule has 0 radical (unpaired) electrons. The van der Waals surface area contributed by atoms with Crippen molar-refractivity contribution in [1.29, 1.82) is 0 Å². The lowest BCUT2D eigenvalue weighted by Crippen LogP contribution is -2.68. The first-order valence-electron chi connectivity index (χ1n) is 20.7. The van der Waals surface area contributed by atoms with E-state index < -0.39 is 191 Å². The molecule has 0 amide bonds. The summed E-state index contributed by atoms with van der Waals surface area (Å²) in [5, 5.41) is 183. The third-order valence-electron chi connectivity index (χ3n) is 12.1. The minimum absolute atomic E-state index is 0.116. The van der Waals surface area contributed by atoms with Crippen molar-refractivity contribution in [2.75, 3.05) is 38.4 Å². The minimum atomic E-state index is -2.15. The summed E-state index contributed by atoms with van der Waals surface area (Å²) in [6.45, 7) is -3.10. The Hall–Kier alpha value is -2.58. The van der Waals surface area contributed by atoms with Crippen LogP contribution in [0.15, 0.2) is 18.2 Å². The van der Waals surface area contributed by atoms with Gasteiger partial charge in [-0.25, -0.2) is 0 Å². The van der Waals surface area contributed by atoms with Gasteiger partial charge in [0.15, 0.2) is 31.4 Å². The molecule has 66 heavy (non-hydrogen) atoms. The molecule has 378 valence electrons. The molecule has 5 fully saturated rings. The normalized spacial score (nSPS) is 46.8. The van der Waals surface area contributed by atoms with E-state index in [4.69, 9.17) is 42.6 Å². The SMILES string of the molecule is Cc1ccc(N[C@@H]2O[C@H](CO)[C@@H](O[C@H]3O[C@@H](CO)[C@H](O[C@@H]4O[C@H](CO)[C@@H](O[C@@H]5O[C@H](CO)[C@@H](O[C@@H]6O[C@H](CO)[C@H](O)[C@@H](O)[C@@H]6O)[C@H](O)[C@@H]5O)[C@H](O)[C@@H]4O)[C@@H](O)[C@@H]3O)[C@H](O)[C@@H]2O)cc1[N+](=O)[O-]. The summed E-state index contributed by atoms with van der Waals surface area (Å²) < 4.78 is 50.3. The zero-order valence-corrected chi connectivity index (χ0v) is 34.8. The molecule has 0 spiro atoms. The Kier molecular flexibility index (Phi) is 18.0. The highest BCUT2D eigenvalue weighted by Gasteiger charge is 2.56. The Morgan fingerprint density at radius 3 is 1.18 bits per heavy atom. The number of ether oxygens (including phenoxy) is 9. The fraction of sp³-hybridized carbons (Fsp3) is 0.838. The highest BCUT2D eigenvalue weighted by molar-refractivity contribution is 5.55. The second-order valence-electron chi connectivity index (χ2n) is 16.4. The highest BCUT2D eigenvalue weighted by atomic mass is 16.8. The number of aryl methyl sites for hydroxylation is 1. The summed E-state index contributed by atoms with van der Waals surface area (Å²) in [6, 6.07) is 4.04. The van der Waals surface area contributed by atoms with Gasteiger partial charge in [0.2, 0.25) is 0 Å². The highest BCUT2D eigenvalue weighted by Crippen LogP contribution is 2.36. The van der Waals surface area contributed by atoms with E-state index in [0.717, 1.165) is 6.07 Å².